The fraction of sp³-hybridized carbons (Fsp3) is 0.286. The predicted octanol–water partition coefficient (Wildman–Crippen LogP) is 4.16. The average Bonchev–Trinajstić information content (AvgIpc) is 3.51. The number of aliphatic carboxylic acids is 1. The van der Waals surface area contributed by atoms with Crippen molar-refractivity contribution in [3.05, 3.63) is 83.3 Å². The van der Waals surface area contributed by atoms with Crippen LogP contribution in [0.15, 0.2) is 61.1 Å². The number of anilines is 1. The number of benzene rings is 2. The van der Waals surface area contributed by atoms with Gasteiger partial charge in [0.2, 0.25) is 5.91 Å². The number of fused-ring (bicyclic) bond motifs is 1. The van der Waals surface area contributed by atoms with Crippen LogP contribution in [-0.2, 0) is 22.6 Å². The van der Waals surface area contributed by atoms with Gasteiger partial charge in [0, 0.05) is 54.2 Å². The summed E-state index contributed by atoms with van der Waals surface area (Å²) in [6, 6.07) is 12.6. The van der Waals surface area contributed by atoms with Gasteiger partial charge in [-0.05, 0) is 67.6 Å². The first-order chi connectivity index (χ1) is 17.8. The van der Waals surface area contributed by atoms with Gasteiger partial charge in [-0.3, -0.25) is 19.1 Å². The number of hydrogen-bond donors (Lipinski definition) is 3. The normalized spacial score (nSPS) is 11.9. The molecule has 2 aromatic heterocycles. The molecule has 2 aromatic carbocycles. The van der Waals surface area contributed by atoms with E-state index in [2.05, 4.69) is 15.7 Å². The molecule has 4 rings (SSSR count). The van der Waals surface area contributed by atoms with Crippen molar-refractivity contribution in [1.29, 1.82) is 0 Å². The van der Waals surface area contributed by atoms with Gasteiger partial charge >= 0.3 is 5.97 Å². The number of nitrogens with one attached hydrogen (secondary N) is 2. The van der Waals surface area contributed by atoms with Crippen LogP contribution in [0.3, 0.4) is 0 Å². The van der Waals surface area contributed by atoms with Gasteiger partial charge in [0.1, 0.15) is 6.04 Å². The lowest BCUT2D eigenvalue weighted by Gasteiger charge is -2.18. The summed E-state index contributed by atoms with van der Waals surface area (Å²) in [7, 11) is 1.58. The zero-order valence-corrected chi connectivity index (χ0v) is 21.2. The Hall–Kier alpha value is -4.40. The quantitative estimate of drug-likeness (QED) is 0.302. The van der Waals surface area contributed by atoms with E-state index in [1.54, 1.807) is 30.1 Å². The number of aryl methyl sites for hydroxylation is 2. The molecule has 1 atom stereocenters. The van der Waals surface area contributed by atoms with Crippen LogP contribution in [-0.4, -0.2) is 44.3 Å². The minimum atomic E-state index is -0.847. The summed E-state index contributed by atoms with van der Waals surface area (Å²) in [6.07, 6.45) is 6.55. The summed E-state index contributed by atoms with van der Waals surface area (Å²) < 4.78 is 3.68. The van der Waals surface area contributed by atoms with E-state index in [1.807, 2.05) is 61.1 Å². The van der Waals surface area contributed by atoms with Crippen molar-refractivity contribution in [3.63, 3.8) is 0 Å². The van der Waals surface area contributed by atoms with Gasteiger partial charge in [-0.15, -0.1) is 0 Å². The van der Waals surface area contributed by atoms with Crippen molar-refractivity contribution in [3.8, 4) is 0 Å². The molecule has 9 heteroatoms. The molecule has 4 aromatic rings. The summed E-state index contributed by atoms with van der Waals surface area (Å²) in [4.78, 5) is 36.7. The van der Waals surface area contributed by atoms with Gasteiger partial charge in [-0.25, -0.2) is 0 Å². The Kier molecular flexibility index (Phi) is 7.71. The molecule has 192 valence electrons. The molecule has 37 heavy (non-hydrogen) atoms. The highest BCUT2D eigenvalue weighted by molar-refractivity contribution is 6.00. The molecule has 0 spiro atoms. The number of carboxylic acid groups (broad SMARTS) is 1. The topological polar surface area (TPSA) is 118 Å². The number of nitrogens with zero attached hydrogens (tertiary/aromatic N) is 3. The van der Waals surface area contributed by atoms with Crippen LogP contribution in [0.2, 0.25) is 0 Å². The van der Waals surface area contributed by atoms with E-state index >= 15 is 0 Å². The molecule has 9 nitrogen and oxygen atoms in total. The van der Waals surface area contributed by atoms with Crippen LogP contribution in [0, 0.1) is 6.92 Å². The summed E-state index contributed by atoms with van der Waals surface area (Å²) in [6.45, 7) is 4.34. The van der Waals surface area contributed by atoms with Crippen molar-refractivity contribution in [2.75, 3.05) is 12.4 Å². The number of amides is 2. The Morgan fingerprint density at radius 2 is 1.95 bits per heavy atom. The van der Waals surface area contributed by atoms with Crippen LogP contribution < -0.4 is 10.6 Å². The van der Waals surface area contributed by atoms with E-state index in [0.717, 1.165) is 27.6 Å². The van der Waals surface area contributed by atoms with Crippen LogP contribution in [0.5, 0.6) is 0 Å². The number of carboxylic acids is 1. The highest BCUT2D eigenvalue weighted by Crippen LogP contribution is 2.27. The van der Waals surface area contributed by atoms with Gasteiger partial charge in [0.15, 0.2) is 0 Å². The minimum Gasteiger partial charge on any atom is -0.481 e. The summed E-state index contributed by atoms with van der Waals surface area (Å²) >= 11 is 0. The van der Waals surface area contributed by atoms with E-state index in [-0.39, 0.29) is 18.2 Å². The second-order valence-corrected chi connectivity index (χ2v) is 9.14. The molecule has 0 bridgehead atoms. The SMILES string of the molecule is CNC(=O)c1ccc2c(C)cn(C(C)C(=O)Nc3cc(Cn4cccn4)ccc3CCCC(=O)O)c2c1. The zero-order valence-electron chi connectivity index (χ0n) is 21.2. The van der Waals surface area contributed by atoms with E-state index in [9.17, 15) is 14.4 Å². The third-order valence-electron chi connectivity index (χ3n) is 6.49. The molecular formula is C28H31N5O4. The Labute approximate surface area is 215 Å². The summed E-state index contributed by atoms with van der Waals surface area (Å²) in [5, 5.41) is 20.0. The van der Waals surface area contributed by atoms with E-state index in [4.69, 9.17) is 5.11 Å². The Morgan fingerprint density at radius 1 is 1.14 bits per heavy atom. The number of rotatable bonds is 10. The highest BCUT2D eigenvalue weighted by atomic mass is 16.4. The molecule has 2 heterocycles. The Bertz CT molecular complexity index is 1440. The van der Waals surface area contributed by atoms with Crippen LogP contribution in [0.25, 0.3) is 10.9 Å². The van der Waals surface area contributed by atoms with E-state index in [1.165, 1.54) is 0 Å². The van der Waals surface area contributed by atoms with Crippen molar-refractivity contribution >= 4 is 34.4 Å². The van der Waals surface area contributed by atoms with Gasteiger partial charge in [0.25, 0.3) is 5.91 Å². The van der Waals surface area contributed by atoms with E-state index in [0.29, 0.717) is 30.6 Å². The van der Waals surface area contributed by atoms with Gasteiger partial charge < -0.3 is 20.3 Å². The molecule has 0 aliphatic heterocycles. The molecular weight excluding hydrogens is 470 g/mol. The second kappa shape index (κ2) is 11.1. The van der Waals surface area contributed by atoms with E-state index < -0.39 is 12.0 Å². The fourth-order valence-corrected chi connectivity index (χ4v) is 4.46. The number of carbonyl (C=O) groups excluding carboxylic acids is 2. The Morgan fingerprint density at radius 3 is 2.65 bits per heavy atom. The molecule has 0 fully saturated rings. The van der Waals surface area contributed by atoms with Gasteiger partial charge in [0.05, 0.1) is 6.54 Å². The van der Waals surface area contributed by atoms with Crippen LogP contribution >= 0.6 is 0 Å². The molecule has 3 N–H and O–H groups in total. The third-order valence-corrected chi connectivity index (χ3v) is 6.49. The molecule has 0 radical (unpaired) electrons. The molecule has 2 amide bonds. The molecule has 0 aliphatic carbocycles. The first-order valence-corrected chi connectivity index (χ1v) is 12.2. The monoisotopic (exact) mass is 501 g/mol. The number of carbonyl (C=O) groups is 3. The standard InChI is InChI=1S/C28H31N5O4/c1-18-16-33(25-15-22(28(37)29-3)10-11-23(18)25)19(2)27(36)31-24-14-20(17-32-13-5-12-30-32)8-9-21(24)6-4-7-26(34)35/h5,8-16,19H,4,6-7,17H2,1-3H3,(H,29,37)(H,31,36)(H,34,35). The van der Waals surface area contributed by atoms with Crippen molar-refractivity contribution in [2.45, 2.75) is 45.7 Å². The molecule has 0 saturated heterocycles. The number of hydrogen-bond acceptors (Lipinski definition) is 4. The maximum absolute atomic E-state index is 13.5. The van der Waals surface area contributed by atoms with Crippen molar-refractivity contribution < 1.29 is 19.5 Å². The molecule has 1 unspecified atom stereocenters. The highest BCUT2D eigenvalue weighted by Gasteiger charge is 2.20. The Balaban J connectivity index is 1.62. The summed E-state index contributed by atoms with van der Waals surface area (Å²) in [5.74, 6) is -1.25. The molecule has 0 aliphatic rings. The lowest BCUT2D eigenvalue weighted by Crippen LogP contribution is -2.24. The maximum atomic E-state index is 13.5. The lowest BCUT2D eigenvalue weighted by molar-refractivity contribution is -0.137. The fourth-order valence-electron chi connectivity index (χ4n) is 4.46. The first-order valence-electron chi connectivity index (χ1n) is 12.2. The first kappa shape index (κ1) is 25.7. The zero-order chi connectivity index (χ0) is 26.5. The summed E-state index contributed by atoms with van der Waals surface area (Å²) in [5.41, 5.74) is 4.83. The average molecular weight is 502 g/mol. The number of aromatic nitrogens is 3. The van der Waals surface area contributed by atoms with Crippen molar-refractivity contribution in [2.24, 2.45) is 0 Å². The smallest absolute Gasteiger partial charge is 0.303 e. The van der Waals surface area contributed by atoms with Crippen LogP contribution in [0.4, 0.5) is 5.69 Å². The molecule has 0 saturated carbocycles. The van der Waals surface area contributed by atoms with Crippen molar-refractivity contribution in [1.82, 2.24) is 19.7 Å². The second-order valence-electron chi connectivity index (χ2n) is 9.14. The predicted molar refractivity (Wildman–Crippen MR) is 142 cm³/mol. The maximum Gasteiger partial charge on any atom is 0.303 e. The van der Waals surface area contributed by atoms with Gasteiger partial charge in [-0.2, -0.15) is 5.10 Å². The minimum absolute atomic E-state index is 0.0567. The lowest BCUT2D eigenvalue weighted by atomic mass is 10.0. The third kappa shape index (κ3) is 5.88. The van der Waals surface area contributed by atoms with Crippen LogP contribution in [0.1, 0.15) is 52.9 Å². The largest absolute Gasteiger partial charge is 0.481 e. The van der Waals surface area contributed by atoms with Gasteiger partial charge in [-0.1, -0.05) is 18.2 Å².